The molecule has 0 saturated carbocycles. The normalized spacial score (nSPS) is 11.7. The molecule has 1 atom stereocenters. The van der Waals surface area contributed by atoms with E-state index in [1.54, 1.807) is 26.8 Å². The van der Waals surface area contributed by atoms with Gasteiger partial charge in [0.05, 0.1) is 12.0 Å². The van der Waals surface area contributed by atoms with Gasteiger partial charge < -0.3 is 24.2 Å². The Morgan fingerprint density at radius 1 is 1.28 bits per heavy atom. The third kappa shape index (κ3) is 6.43. The number of amides is 1. The molecule has 0 heterocycles. The van der Waals surface area contributed by atoms with Crippen molar-refractivity contribution in [3.05, 3.63) is 33.4 Å². The molecule has 12 heteroatoms. The molecule has 0 spiro atoms. The first-order chi connectivity index (χ1) is 15.1. The molecule has 1 amide bonds. The van der Waals surface area contributed by atoms with Crippen LogP contribution >= 0.6 is 0 Å². The number of phenolic OH excluding ortho intramolecular Hbond substituents is 1. The number of hydrogen-bond donors (Lipinski definition) is 1. The van der Waals surface area contributed by atoms with Gasteiger partial charge in [0.15, 0.2) is 5.75 Å². The van der Waals surface area contributed by atoms with E-state index in [0.717, 1.165) is 25.3 Å². The predicted octanol–water partition coefficient (Wildman–Crippen LogP) is 2.54. The molecule has 0 aliphatic carbocycles. The molecule has 0 aromatic heterocycles. The van der Waals surface area contributed by atoms with E-state index in [0.29, 0.717) is 13.1 Å². The molecule has 0 aliphatic heterocycles. The highest BCUT2D eigenvalue weighted by molar-refractivity contribution is 6.01. The average Bonchev–Trinajstić information content (AvgIpc) is 2.77. The second kappa shape index (κ2) is 11.9. The lowest BCUT2D eigenvalue weighted by molar-refractivity contribution is -0.385. The Kier molecular flexibility index (Phi) is 9.63. The summed E-state index contributed by atoms with van der Waals surface area (Å²) in [7, 11) is 1.09. The van der Waals surface area contributed by atoms with Gasteiger partial charge in [-0.05, 0) is 38.0 Å². The van der Waals surface area contributed by atoms with Crippen LogP contribution in [0.2, 0.25) is 0 Å². The van der Waals surface area contributed by atoms with E-state index in [1.165, 1.54) is 4.90 Å². The van der Waals surface area contributed by atoms with E-state index in [-0.39, 0.29) is 17.6 Å². The number of nitro groups is 1. The topological polar surface area (TPSA) is 169 Å². The lowest BCUT2D eigenvalue weighted by Gasteiger charge is -2.17. The van der Waals surface area contributed by atoms with Gasteiger partial charge in [-0.25, -0.2) is 9.59 Å². The van der Waals surface area contributed by atoms with Crippen LogP contribution in [0.4, 0.5) is 10.5 Å². The number of ether oxygens (including phenoxy) is 3. The molecule has 32 heavy (non-hydrogen) atoms. The summed E-state index contributed by atoms with van der Waals surface area (Å²) in [6, 6.07) is 3.65. The summed E-state index contributed by atoms with van der Waals surface area (Å²) in [5.74, 6) is -3.09. The molecule has 1 unspecified atom stereocenters. The molecule has 0 fully saturated rings. The van der Waals surface area contributed by atoms with Gasteiger partial charge in [0.2, 0.25) is 11.9 Å². The quantitative estimate of drug-likeness (QED) is 0.148. The lowest BCUT2D eigenvalue weighted by Crippen LogP contribution is -2.31. The van der Waals surface area contributed by atoms with Gasteiger partial charge in [-0.1, -0.05) is 6.92 Å². The van der Waals surface area contributed by atoms with Gasteiger partial charge in [0, 0.05) is 19.2 Å². The fourth-order valence-electron chi connectivity index (χ4n) is 2.56. The molecule has 1 aromatic rings. The minimum absolute atomic E-state index is 0.0608. The van der Waals surface area contributed by atoms with Gasteiger partial charge in [0.25, 0.3) is 5.91 Å². The van der Waals surface area contributed by atoms with Crippen molar-refractivity contribution in [3.63, 3.8) is 0 Å². The molecule has 1 rings (SSSR count). The van der Waals surface area contributed by atoms with E-state index in [9.17, 15) is 34.9 Å². The number of phenols is 1. The van der Waals surface area contributed by atoms with Gasteiger partial charge in [0.1, 0.15) is 11.6 Å². The van der Waals surface area contributed by atoms with Crippen LogP contribution in [-0.4, -0.2) is 59.3 Å². The zero-order chi connectivity index (χ0) is 24.4. The van der Waals surface area contributed by atoms with Crippen molar-refractivity contribution in [2.75, 3.05) is 20.2 Å². The summed E-state index contributed by atoms with van der Waals surface area (Å²) in [6.45, 7) is 5.65. The van der Waals surface area contributed by atoms with Crippen LogP contribution < -0.4 is 4.74 Å². The number of rotatable bonds is 9. The Balaban J connectivity index is 3.37. The van der Waals surface area contributed by atoms with Crippen molar-refractivity contribution in [1.29, 1.82) is 5.26 Å². The number of carbonyl (C=O) groups excluding carboxylic acids is 3. The smallest absolute Gasteiger partial charge is 0.499 e. The van der Waals surface area contributed by atoms with Crippen molar-refractivity contribution >= 4 is 29.8 Å². The summed E-state index contributed by atoms with van der Waals surface area (Å²) >= 11 is 0. The minimum atomic E-state index is -1.42. The number of hydrogen-bond acceptors (Lipinski definition) is 10. The molecule has 0 radical (unpaired) electrons. The lowest BCUT2D eigenvalue weighted by atomic mass is 10.1. The molecule has 0 saturated heterocycles. The van der Waals surface area contributed by atoms with Crippen molar-refractivity contribution in [2.24, 2.45) is 0 Å². The second-order valence-corrected chi connectivity index (χ2v) is 6.18. The molecule has 172 valence electrons. The SMILES string of the molecule is CCC(OC(=O)Oc1cc(/C=C(\C#N)C(=O)N(CC)CC)cc([N+](=O)[O-])c1O)C(=O)OC. The highest BCUT2D eigenvalue weighted by Crippen LogP contribution is 2.38. The van der Waals surface area contributed by atoms with Crippen LogP contribution in [-0.2, 0) is 19.1 Å². The number of nitriles is 1. The largest absolute Gasteiger partial charge is 0.514 e. The first-order valence-electron chi connectivity index (χ1n) is 9.52. The summed E-state index contributed by atoms with van der Waals surface area (Å²) in [5, 5.41) is 30.8. The number of carbonyl (C=O) groups is 3. The Hall–Kier alpha value is -4.14. The van der Waals surface area contributed by atoms with Crippen molar-refractivity contribution in [3.8, 4) is 17.6 Å². The summed E-state index contributed by atoms with van der Waals surface area (Å²) in [4.78, 5) is 47.8. The molecule has 1 N–H and O–H groups in total. The number of benzene rings is 1. The Bertz CT molecular complexity index is 962. The zero-order valence-corrected chi connectivity index (χ0v) is 18.0. The van der Waals surface area contributed by atoms with E-state index in [1.807, 2.05) is 0 Å². The molecule has 12 nitrogen and oxygen atoms in total. The van der Waals surface area contributed by atoms with Gasteiger partial charge >= 0.3 is 17.8 Å². The monoisotopic (exact) mass is 449 g/mol. The zero-order valence-electron chi connectivity index (χ0n) is 18.0. The third-order valence-electron chi connectivity index (χ3n) is 4.25. The Morgan fingerprint density at radius 2 is 1.91 bits per heavy atom. The van der Waals surface area contributed by atoms with Crippen molar-refractivity contribution < 1.29 is 38.6 Å². The van der Waals surface area contributed by atoms with Crippen LogP contribution in [0.1, 0.15) is 32.8 Å². The molecular formula is C20H23N3O9. The predicted molar refractivity (Wildman–Crippen MR) is 109 cm³/mol. The number of nitro benzene ring substituents is 1. The van der Waals surface area contributed by atoms with Crippen LogP contribution in [0.3, 0.4) is 0 Å². The maximum absolute atomic E-state index is 12.4. The maximum Gasteiger partial charge on any atom is 0.514 e. The fourth-order valence-corrected chi connectivity index (χ4v) is 2.56. The first-order valence-corrected chi connectivity index (χ1v) is 9.52. The second-order valence-electron chi connectivity index (χ2n) is 6.18. The number of methoxy groups -OCH3 is 1. The standard InChI is InChI=1S/C20H23N3O9/c1-5-15(19(26)30-4)31-20(27)32-16-10-12(9-14(17(16)24)23(28)29)8-13(11-21)18(25)22(6-2)7-3/h8-10,15,24H,5-7H2,1-4H3/b13-8+. The molecule has 0 aliphatic rings. The van der Waals surface area contributed by atoms with E-state index >= 15 is 0 Å². The highest BCUT2D eigenvalue weighted by Gasteiger charge is 2.27. The average molecular weight is 449 g/mol. The Morgan fingerprint density at radius 3 is 2.38 bits per heavy atom. The number of likely N-dealkylation sites (N-methyl/N-ethyl adjacent to an activating group) is 1. The third-order valence-corrected chi connectivity index (χ3v) is 4.25. The first kappa shape index (κ1) is 25.9. The summed E-state index contributed by atoms with van der Waals surface area (Å²) in [6.07, 6.45) is -1.58. The van der Waals surface area contributed by atoms with Crippen molar-refractivity contribution in [2.45, 2.75) is 33.3 Å². The molecular weight excluding hydrogens is 426 g/mol. The fraction of sp³-hybridized carbons (Fsp3) is 0.400. The minimum Gasteiger partial charge on any atom is -0.499 e. The number of aromatic hydroxyl groups is 1. The van der Waals surface area contributed by atoms with Crippen LogP contribution in [0.25, 0.3) is 6.08 Å². The molecule has 0 bridgehead atoms. The Labute approximate surface area is 183 Å². The summed E-state index contributed by atoms with van der Waals surface area (Å²) in [5.41, 5.74) is -1.22. The van der Waals surface area contributed by atoms with E-state index in [2.05, 4.69) is 4.74 Å². The number of nitrogens with zero attached hydrogens (tertiary/aromatic N) is 3. The van der Waals surface area contributed by atoms with E-state index in [4.69, 9.17) is 9.47 Å². The maximum atomic E-state index is 12.4. The van der Waals surface area contributed by atoms with Gasteiger partial charge in [-0.3, -0.25) is 14.9 Å². The highest BCUT2D eigenvalue weighted by atomic mass is 16.7. The van der Waals surface area contributed by atoms with Gasteiger partial charge in [-0.15, -0.1) is 0 Å². The van der Waals surface area contributed by atoms with Crippen LogP contribution in [0, 0.1) is 21.4 Å². The van der Waals surface area contributed by atoms with Crippen LogP contribution in [0.15, 0.2) is 17.7 Å². The molecule has 1 aromatic carbocycles. The van der Waals surface area contributed by atoms with E-state index < -0.39 is 46.2 Å². The van der Waals surface area contributed by atoms with Crippen molar-refractivity contribution in [1.82, 2.24) is 4.90 Å². The number of esters is 1. The summed E-state index contributed by atoms with van der Waals surface area (Å²) < 4.78 is 14.1. The van der Waals surface area contributed by atoms with Gasteiger partial charge in [-0.2, -0.15) is 5.26 Å². The van der Waals surface area contributed by atoms with Crippen LogP contribution in [0.5, 0.6) is 11.5 Å².